The summed E-state index contributed by atoms with van der Waals surface area (Å²) in [5.41, 5.74) is 5.44. The number of nitrogens with zero attached hydrogens (tertiary/aromatic N) is 2. The highest BCUT2D eigenvalue weighted by Crippen LogP contribution is 2.05. The lowest BCUT2D eigenvalue weighted by Gasteiger charge is -2.35. The van der Waals surface area contributed by atoms with Crippen LogP contribution in [-0.2, 0) is 0 Å². The molecule has 1 fully saturated rings. The molecule has 0 saturated carbocycles. The minimum absolute atomic E-state index is 0.148. The fraction of sp³-hybridized carbons (Fsp3) is 0.900. The smallest absolute Gasteiger partial charge is 0.0947 e. The van der Waals surface area contributed by atoms with Crippen LogP contribution >= 0.6 is 0 Å². The van der Waals surface area contributed by atoms with E-state index in [9.17, 15) is 0 Å². The monoisotopic (exact) mass is 214 g/mol. The number of β-amino-alcohol motifs (C(OH)–C–C–N with tert-alkyl or cyclic N) is 1. The first-order valence-electron chi connectivity index (χ1n) is 5.53. The molecule has 0 aromatic rings. The maximum atomic E-state index is 8.80. The third-order valence-corrected chi connectivity index (χ3v) is 2.94. The molecule has 1 unspecified atom stereocenters. The summed E-state index contributed by atoms with van der Waals surface area (Å²) in [5, 5.41) is 16.1. The number of piperazine rings is 1. The SMILES string of the molecule is CC(CN1CCN(CCO)CC1)C(=N)N. The van der Waals surface area contributed by atoms with E-state index in [-0.39, 0.29) is 18.4 Å². The summed E-state index contributed by atoms with van der Waals surface area (Å²) in [6.07, 6.45) is 0. The highest BCUT2D eigenvalue weighted by molar-refractivity contribution is 5.79. The van der Waals surface area contributed by atoms with Crippen LogP contribution in [0.1, 0.15) is 6.92 Å². The number of amidine groups is 1. The van der Waals surface area contributed by atoms with E-state index in [0.29, 0.717) is 0 Å². The van der Waals surface area contributed by atoms with Gasteiger partial charge in [-0.25, -0.2) is 0 Å². The number of rotatable bonds is 5. The Hall–Kier alpha value is -0.650. The van der Waals surface area contributed by atoms with Gasteiger partial charge in [0.05, 0.1) is 12.4 Å². The average molecular weight is 214 g/mol. The average Bonchev–Trinajstić information content (AvgIpc) is 2.21. The van der Waals surface area contributed by atoms with Crippen molar-refractivity contribution in [1.29, 1.82) is 5.41 Å². The van der Waals surface area contributed by atoms with Gasteiger partial charge in [-0.05, 0) is 0 Å². The van der Waals surface area contributed by atoms with Gasteiger partial charge in [0.25, 0.3) is 0 Å². The molecule has 0 aromatic heterocycles. The van der Waals surface area contributed by atoms with Crippen LogP contribution in [0.5, 0.6) is 0 Å². The number of nitrogens with two attached hydrogens (primary N) is 1. The van der Waals surface area contributed by atoms with Gasteiger partial charge in [-0.15, -0.1) is 0 Å². The van der Waals surface area contributed by atoms with E-state index in [2.05, 4.69) is 9.80 Å². The number of nitrogens with one attached hydrogen (secondary N) is 1. The third kappa shape index (κ3) is 4.15. The molecule has 1 aliphatic rings. The number of aliphatic hydroxyl groups excluding tert-OH is 1. The minimum atomic E-state index is 0.148. The van der Waals surface area contributed by atoms with E-state index in [4.69, 9.17) is 16.2 Å². The summed E-state index contributed by atoms with van der Waals surface area (Å²) in [4.78, 5) is 4.59. The van der Waals surface area contributed by atoms with Gasteiger partial charge in [0.15, 0.2) is 0 Å². The molecule has 0 bridgehead atoms. The molecule has 5 heteroatoms. The molecular formula is C10H22N4O. The van der Waals surface area contributed by atoms with Gasteiger partial charge in [0.2, 0.25) is 0 Å². The lowest BCUT2D eigenvalue weighted by Crippen LogP contribution is -2.49. The molecule has 1 aliphatic heterocycles. The number of hydrogen-bond acceptors (Lipinski definition) is 4. The van der Waals surface area contributed by atoms with Gasteiger partial charge in [-0.1, -0.05) is 6.92 Å². The number of hydrogen-bond donors (Lipinski definition) is 3. The van der Waals surface area contributed by atoms with Crippen molar-refractivity contribution in [2.75, 3.05) is 45.9 Å². The van der Waals surface area contributed by atoms with Crippen LogP contribution in [0.4, 0.5) is 0 Å². The first kappa shape index (κ1) is 12.4. The van der Waals surface area contributed by atoms with Gasteiger partial charge in [-0.3, -0.25) is 10.3 Å². The molecule has 4 N–H and O–H groups in total. The van der Waals surface area contributed by atoms with Crippen molar-refractivity contribution in [1.82, 2.24) is 9.80 Å². The third-order valence-electron chi connectivity index (χ3n) is 2.94. The molecular weight excluding hydrogens is 192 g/mol. The lowest BCUT2D eigenvalue weighted by molar-refractivity contribution is 0.108. The molecule has 0 aliphatic carbocycles. The Balaban J connectivity index is 2.22. The second kappa shape index (κ2) is 6.05. The van der Waals surface area contributed by atoms with Crippen molar-refractivity contribution in [3.63, 3.8) is 0 Å². The summed E-state index contributed by atoms with van der Waals surface area (Å²) in [6, 6.07) is 0. The quantitative estimate of drug-likeness (QED) is 0.412. The highest BCUT2D eigenvalue weighted by Gasteiger charge is 2.18. The maximum Gasteiger partial charge on any atom is 0.0947 e. The van der Waals surface area contributed by atoms with E-state index < -0.39 is 0 Å². The molecule has 1 rings (SSSR count). The van der Waals surface area contributed by atoms with Crippen LogP contribution in [0, 0.1) is 11.3 Å². The normalized spacial score (nSPS) is 21.5. The van der Waals surface area contributed by atoms with E-state index >= 15 is 0 Å². The van der Waals surface area contributed by atoms with E-state index in [1.165, 1.54) is 0 Å². The zero-order chi connectivity index (χ0) is 11.3. The predicted molar refractivity (Wildman–Crippen MR) is 61.0 cm³/mol. The Morgan fingerprint density at radius 3 is 2.33 bits per heavy atom. The van der Waals surface area contributed by atoms with Crippen molar-refractivity contribution in [3.05, 3.63) is 0 Å². The van der Waals surface area contributed by atoms with Gasteiger partial charge < -0.3 is 15.7 Å². The molecule has 0 amide bonds. The van der Waals surface area contributed by atoms with Crippen molar-refractivity contribution in [2.45, 2.75) is 6.92 Å². The second-order valence-corrected chi connectivity index (χ2v) is 4.22. The summed E-state index contributed by atoms with van der Waals surface area (Å²) in [7, 11) is 0. The second-order valence-electron chi connectivity index (χ2n) is 4.22. The van der Waals surface area contributed by atoms with Gasteiger partial charge in [0, 0.05) is 45.2 Å². The largest absolute Gasteiger partial charge is 0.395 e. The Kier molecular flexibility index (Phi) is 5.01. The molecule has 1 heterocycles. The predicted octanol–water partition coefficient (Wildman–Crippen LogP) is -0.832. The highest BCUT2D eigenvalue weighted by atomic mass is 16.3. The Morgan fingerprint density at radius 1 is 1.33 bits per heavy atom. The fourth-order valence-corrected chi connectivity index (χ4v) is 1.82. The molecule has 0 aromatic carbocycles. The van der Waals surface area contributed by atoms with Crippen LogP contribution < -0.4 is 5.73 Å². The van der Waals surface area contributed by atoms with E-state index in [1.54, 1.807) is 0 Å². The van der Waals surface area contributed by atoms with Gasteiger partial charge in [0.1, 0.15) is 0 Å². The standard InChI is InChI=1S/C10H22N4O/c1-9(10(11)12)8-14-4-2-13(3-5-14)6-7-15/h9,15H,2-8H2,1H3,(H3,11,12). The molecule has 15 heavy (non-hydrogen) atoms. The molecule has 1 saturated heterocycles. The van der Waals surface area contributed by atoms with Crippen molar-refractivity contribution >= 4 is 5.84 Å². The fourth-order valence-electron chi connectivity index (χ4n) is 1.82. The Bertz CT molecular complexity index is 202. The van der Waals surface area contributed by atoms with Crippen LogP contribution in [-0.4, -0.2) is 66.6 Å². The van der Waals surface area contributed by atoms with Crippen LogP contribution in [0.15, 0.2) is 0 Å². The van der Waals surface area contributed by atoms with Crippen molar-refractivity contribution in [3.8, 4) is 0 Å². The molecule has 0 spiro atoms. The first-order valence-corrected chi connectivity index (χ1v) is 5.53. The van der Waals surface area contributed by atoms with Crippen LogP contribution in [0.25, 0.3) is 0 Å². The maximum absolute atomic E-state index is 8.80. The number of aliphatic hydroxyl groups is 1. The summed E-state index contributed by atoms with van der Waals surface area (Å²) >= 11 is 0. The molecule has 88 valence electrons. The summed E-state index contributed by atoms with van der Waals surface area (Å²) in [5.74, 6) is 0.419. The minimum Gasteiger partial charge on any atom is -0.395 e. The Morgan fingerprint density at radius 2 is 1.87 bits per heavy atom. The lowest BCUT2D eigenvalue weighted by atomic mass is 10.1. The first-order chi connectivity index (χ1) is 7.13. The molecule has 1 atom stereocenters. The molecule has 0 radical (unpaired) electrons. The van der Waals surface area contributed by atoms with Crippen LogP contribution in [0.2, 0.25) is 0 Å². The van der Waals surface area contributed by atoms with Gasteiger partial charge >= 0.3 is 0 Å². The van der Waals surface area contributed by atoms with Gasteiger partial charge in [-0.2, -0.15) is 0 Å². The zero-order valence-electron chi connectivity index (χ0n) is 9.45. The van der Waals surface area contributed by atoms with E-state index in [1.807, 2.05) is 6.92 Å². The zero-order valence-corrected chi connectivity index (χ0v) is 9.45. The summed E-state index contributed by atoms with van der Waals surface area (Å²) in [6.45, 7) is 7.91. The Labute approximate surface area is 91.4 Å². The van der Waals surface area contributed by atoms with Crippen molar-refractivity contribution < 1.29 is 5.11 Å². The molecule has 5 nitrogen and oxygen atoms in total. The van der Waals surface area contributed by atoms with Crippen molar-refractivity contribution in [2.24, 2.45) is 11.7 Å². The topological polar surface area (TPSA) is 76.6 Å². The summed E-state index contributed by atoms with van der Waals surface area (Å²) < 4.78 is 0. The van der Waals surface area contributed by atoms with E-state index in [0.717, 1.165) is 39.3 Å². The van der Waals surface area contributed by atoms with Crippen LogP contribution in [0.3, 0.4) is 0 Å².